The Morgan fingerprint density at radius 3 is 1.82 bits per heavy atom. The molecule has 0 saturated carbocycles. The third-order valence-corrected chi connectivity index (χ3v) is 0.764. The van der Waals surface area contributed by atoms with Crippen LogP contribution in [-0.2, 0) is 4.79 Å². The number of carbonyl (C=O) groups is 1. The number of rotatable bonds is 3. The molecule has 1 N–H and O–H groups in total. The molecule has 4 heteroatoms. The van der Waals surface area contributed by atoms with Crippen LogP contribution in [-0.4, -0.2) is 70.2 Å². The van der Waals surface area contributed by atoms with Crippen molar-refractivity contribution in [2.45, 2.75) is 0 Å². The van der Waals surface area contributed by atoms with Gasteiger partial charge < -0.3 is 5.11 Å². The molecule has 0 saturated heterocycles. The molecule has 0 atom stereocenters. The van der Waals surface area contributed by atoms with Gasteiger partial charge in [-0.3, -0.25) is 0 Å². The molecule has 0 bridgehead atoms. The Labute approximate surface area is 111 Å². The maximum atomic E-state index is 10.1. The molecule has 0 aromatic rings. The van der Waals surface area contributed by atoms with Crippen LogP contribution in [0.1, 0.15) is 0 Å². The Hall–Kier alpha value is 0.690. The van der Waals surface area contributed by atoms with Crippen molar-refractivity contribution in [2.75, 3.05) is 0 Å². The van der Waals surface area contributed by atoms with Crippen LogP contribution in [0.5, 0.6) is 0 Å². The van der Waals surface area contributed by atoms with Gasteiger partial charge in [-0.2, -0.15) is 0 Å². The molecule has 0 aliphatic rings. The molecule has 0 aromatic carbocycles. The average Bonchev–Trinajstić information content (AvgIpc) is 1.82. The molecule has 0 aromatic heterocycles. The number of hydrogen-bond donors (Lipinski definition) is 1. The summed E-state index contributed by atoms with van der Waals surface area (Å²) in [6, 6.07) is 0. The fourth-order valence-electron chi connectivity index (χ4n) is 0.354. The molecule has 11 heavy (non-hydrogen) atoms. The van der Waals surface area contributed by atoms with Crippen molar-refractivity contribution in [3.63, 3.8) is 0 Å². The van der Waals surface area contributed by atoms with E-state index in [2.05, 4.69) is 13.2 Å². The van der Waals surface area contributed by atoms with E-state index in [0.717, 1.165) is 0 Å². The fraction of sp³-hybridized carbons (Fsp3) is 0. The Balaban J connectivity index is -0.000000320. The van der Waals surface area contributed by atoms with Gasteiger partial charge in [0.2, 0.25) is 0 Å². The summed E-state index contributed by atoms with van der Waals surface area (Å²) < 4.78 is 0. The summed E-state index contributed by atoms with van der Waals surface area (Å²) in [5.41, 5.74) is 0.157. The number of allylic oxidation sites excluding steroid dienone is 2. The van der Waals surface area contributed by atoms with Crippen molar-refractivity contribution >= 4 is 65.1 Å². The van der Waals surface area contributed by atoms with Crippen LogP contribution in [0.4, 0.5) is 0 Å². The molecule has 0 amide bonds. The molecule has 0 unspecified atom stereocenters. The SMILES string of the molecule is C=CC=C(C=C)C(=O)O.[NaH].[NaH]. The van der Waals surface area contributed by atoms with E-state index in [1.54, 1.807) is 0 Å². The van der Waals surface area contributed by atoms with E-state index >= 15 is 0 Å². The Kier molecular flexibility index (Phi) is 17.2. The molecule has 52 valence electrons. The van der Waals surface area contributed by atoms with Gasteiger partial charge in [-0.25, -0.2) is 4.79 Å². The molecular weight excluding hydrogens is 162 g/mol. The first-order valence-corrected chi connectivity index (χ1v) is 2.40. The van der Waals surface area contributed by atoms with Crippen LogP contribution in [0.3, 0.4) is 0 Å². The normalized spacial score (nSPS) is 8.55. The Morgan fingerprint density at radius 1 is 1.27 bits per heavy atom. The van der Waals surface area contributed by atoms with Crippen molar-refractivity contribution in [1.29, 1.82) is 0 Å². The summed E-state index contributed by atoms with van der Waals surface area (Å²) in [6.07, 6.45) is 4.06. The summed E-state index contributed by atoms with van der Waals surface area (Å²) in [7, 11) is 0. The van der Waals surface area contributed by atoms with Crippen LogP contribution in [0, 0.1) is 0 Å². The fourth-order valence-corrected chi connectivity index (χ4v) is 0.354. The van der Waals surface area contributed by atoms with Crippen molar-refractivity contribution in [1.82, 2.24) is 0 Å². The molecule has 0 radical (unpaired) electrons. The van der Waals surface area contributed by atoms with Crippen molar-refractivity contribution in [2.24, 2.45) is 0 Å². The second-order valence-electron chi connectivity index (χ2n) is 1.37. The second-order valence-corrected chi connectivity index (χ2v) is 1.37. The monoisotopic (exact) mass is 172 g/mol. The average molecular weight is 172 g/mol. The molecule has 0 aliphatic heterocycles. The van der Waals surface area contributed by atoms with Crippen LogP contribution in [0.2, 0.25) is 0 Å². The summed E-state index contributed by atoms with van der Waals surface area (Å²) in [6.45, 7) is 6.65. The predicted molar refractivity (Wildman–Crippen MR) is 50.4 cm³/mol. The van der Waals surface area contributed by atoms with E-state index in [1.165, 1.54) is 18.2 Å². The van der Waals surface area contributed by atoms with Crippen LogP contribution < -0.4 is 0 Å². The first-order valence-electron chi connectivity index (χ1n) is 2.40. The van der Waals surface area contributed by atoms with Gasteiger partial charge >= 0.3 is 65.1 Å². The van der Waals surface area contributed by atoms with Gasteiger partial charge in [0.05, 0.1) is 5.57 Å². The topological polar surface area (TPSA) is 37.3 Å². The number of hydrogen-bond acceptors (Lipinski definition) is 1. The minimum atomic E-state index is -0.982. The van der Waals surface area contributed by atoms with Gasteiger partial charge in [0.15, 0.2) is 0 Å². The van der Waals surface area contributed by atoms with Crippen LogP contribution in [0.15, 0.2) is 37.0 Å². The summed E-state index contributed by atoms with van der Waals surface area (Å²) in [4.78, 5) is 10.1. The van der Waals surface area contributed by atoms with Crippen LogP contribution in [0.25, 0.3) is 0 Å². The van der Waals surface area contributed by atoms with Gasteiger partial charge in [-0.05, 0) is 6.08 Å². The van der Waals surface area contributed by atoms with Crippen LogP contribution >= 0.6 is 0 Å². The summed E-state index contributed by atoms with van der Waals surface area (Å²) in [5.74, 6) is -0.982. The zero-order chi connectivity index (χ0) is 7.28. The third-order valence-electron chi connectivity index (χ3n) is 0.764. The molecule has 0 fully saturated rings. The number of aliphatic carboxylic acids is 1. The first kappa shape index (κ1) is 17.7. The Morgan fingerprint density at radius 2 is 1.73 bits per heavy atom. The maximum absolute atomic E-state index is 10.1. The van der Waals surface area contributed by atoms with E-state index in [9.17, 15) is 4.79 Å². The van der Waals surface area contributed by atoms with Gasteiger partial charge in [0, 0.05) is 0 Å². The van der Waals surface area contributed by atoms with Crippen molar-refractivity contribution in [3.8, 4) is 0 Å². The number of carboxylic acids is 1. The molecule has 2 nitrogen and oxygen atoms in total. The molecule has 0 heterocycles. The van der Waals surface area contributed by atoms with Crippen molar-refractivity contribution < 1.29 is 9.90 Å². The van der Waals surface area contributed by atoms with Gasteiger partial charge in [-0.15, -0.1) is 0 Å². The third kappa shape index (κ3) is 8.60. The van der Waals surface area contributed by atoms with E-state index < -0.39 is 5.97 Å². The van der Waals surface area contributed by atoms with E-state index in [0.29, 0.717) is 0 Å². The minimum absolute atomic E-state index is 0. The molecular formula is C7H10Na2O2. The van der Waals surface area contributed by atoms with Crippen molar-refractivity contribution in [3.05, 3.63) is 37.0 Å². The number of carboxylic acid groups (broad SMARTS) is 1. The molecule has 0 rings (SSSR count). The first-order chi connectivity index (χ1) is 4.22. The van der Waals surface area contributed by atoms with E-state index in [1.807, 2.05) is 0 Å². The second kappa shape index (κ2) is 10.7. The Bertz CT molecular complexity index is 173. The zero-order valence-electron chi connectivity index (χ0n) is 5.00. The van der Waals surface area contributed by atoms with E-state index in [4.69, 9.17) is 5.11 Å². The molecule has 0 spiro atoms. The standard InChI is InChI=1S/C7H8O2.2Na.2H/c1-3-5-6(4-2)7(8)9;;;;/h3-5H,1-2H2,(H,8,9);;;;. The summed E-state index contributed by atoms with van der Waals surface area (Å²) >= 11 is 0. The quantitative estimate of drug-likeness (QED) is 0.371. The zero-order valence-corrected chi connectivity index (χ0v) is 5.00. The van der Waals surface area contributed by atoms with Gasteiger partial charge in [0.25, 0.3) is 0 Å². The van der Waals surface area contributed by atoms with Gasteiger partial charge in [-0.1, -0.05) is 25.3 Å². The van der Waals surface area contributed by atoms with E-state index in [-0.39, 0.29) is 64.7 Å². The molecule has 0 aliphatic carbocycles. The van der Waals surface area contributed by atoms with Gasteiger partial charge in [0.1, 0.15) is 0 Å². The summed E-state index contributed by atoms with van der Waals surface area (Å²) in [5, 5.41) is 8.32. The predicted octanol–water partition coefficient (Wildman–Crippen LogP) is 0.0724.